The third-order valence-corrected chi connectivity index (χ3v) is 5.49. The van der Waals surface area contributed by atoms with Crippen LogP contribution in [0.15, 0.2) is 0 Å². The van der Waals surface area contributed by atoms with Crippen LogP contribution in [0.5, 0.6) is 0 Å². The first-order valence-electron chi connectivity index (χ1n) is 6.60. The molecule has 0 aliphatic rings. The summed E-state index contributed by atoms with van der Waals surface area (Å²) in [4.78, 5) is 11.0. The van der Waals surface area contributed by atoms with Crippen molar-refractivity contribution in [1.82, 2.24) is 0 Å². The van der Waals surface area contributed by atoms with E-state index in [0.717, 1.165) is 6.42 Å². The zero-order valence-electron chi connectivity index (χ0n) is 12.8. The van der Waals surface area contributed by atoms with E-state index in [1.54, 1.807) is 0 Å². The third-order valence-electron chi connectivity index (χ3n) is 5.49. The average Bonchev–Trinajstić information content (AvgIpc) is 2.14. The van der Waals surface area contributed by atoms with Gasteiger partial charge < -0.3 is 5.11 Å². The minimum atomic E-state index is -0.702. The summed E-state index contributed by atoms with van der Waals surface area (Å²) in [6.07, 6.45) is 1.34. The molecule has 0 amide bonds. The van der Waals surface area contributed by atoms with Crippen LogP contribution in [0.1, 0.15) is 54.4 Å². The Bertz CT molecular complexity index is 283. The third kappa shape index (κ3) is 3.53. The lowest BCUT2D eigenvalue weighted by atomic mass is 9.39. The van der Waals surface area contributed by atoms with Gasteiger partial charge in [-0.15, -0.1) is 0 Å². The molecule has 0 aliphatic carbocycles. The molecule has 0 bridgehead atoms. The van der Waals surface area contributed by atoms with Crippen LogP contribution in [0.3, 0.4) is 0 Å². The Morgan fingerprint density at radius 1 is 1.24 bits per heavy atom. The van der Waals surface area contributed by atoms with Crippen LogP contribution in [0.2, 0.25) is 11.1 Å². The van der Waals surface area contributed by atoms with Gasteiger partial charge in [0, 0.05) is 0 Å². The van der Waals surface area contributed by atoms with E-state index in [4.69, 9.17) is 5.11 Å². The van der Waals surface area contributed by atoms with Gasteiger partial charge >= 0.3 is 5.97 Å². The second-order valence-electron chi connectivity index (χ2n) is 7.24. The second kappa shape index (κ2) is 5.07. The Hall–Kier alpha value is -0.400. The molecule has 0 aromatic rings. The fourth-order valence-electron chi connectivity index (χ4n) is 2.56. The second-order valence-corrected chi connectivity index (χ2v) is 7.24. The highest BCUT2D eigenvalue weighted by Crippen LogP contribution is 2.58. The van der Waals surface area contributed by atoms with Crippen molar-refractivity contribution >= 4 is 21.7 Å². The van der Waals surface area contributed by atoms with Crippen LogP contribution in [0.25, 0.3) is 0 Å². The zero-order valence-corrected chi connectivity index (χ0v) is 12.8. The first kappa shape index (κ1) is 16.6. The topological polar surface area (TPSA) is 37.3 Å². The molecule has 0 aromatic carbocycles. The fraction of sp³-hybridized carbons (Fsp3) is 0.923. The van der Waals surface area contributed by atoms with E-state index in [9.17, 15) is 4.79 Å². The summed E-state index contributed by atoms with van der Waals surface area (Å²) < 4.78 is 0. The molecule has 0 heterocycles. The number of hydrogen-bond acceptors (Lipinski definition) is 1. The highest BCUT2D eigenvalue weighted by atomic mass is 16.4. The maximum absolute atomic E-state index is 11.0. The molecule has 1 N–H and O–H groups in total. The number of carboxylic acids is 1. The van der Waals surface area contributed by atoms with Crippen LogP contribution in [-0.2, 0) is 4.79 Å². The van der Waals surface area contributed by atoms with Gasteiger partial charge in [-0.1, -0.05) is 59.1 Å². The molecular formula is C13H28B2O2. The van der Waals surface area contributed by atoms with Crippen LogP contribution in [0.4, 0.5) is 0 Å². The summed E-state index contributed by atoms with van der Waals surface area (Å²) in [5.41, 5.74) is 0.0317. The lowest BCUT2D eigenvalue weighted by Crippen LogP contribution is -2.40. The number of hydrogen-bond donors (Lipinski definition) is 1. The molecule has 2 atom stereocenters. The van der Waals surface area contributed by atoms with Crippen LogP contribution < -0.4 is 0 Å². The Morgan fingerprint density at radius 3 is 1.94 bits per heavy atom. The summed E-state index contributed by atoms with van der Waals surface area (Å²) in [5.74, 6) is -0.354. The number of aliphatic carboxylic acids is 1. The van der Waals surface area contributed by atoms with Gasteiger partial charge in [-0.05, 0) is 10.8 Å². The van der Waals surface area contributed by atoms with Crippen molar-refractivity contribution in [1.29, 1.82) is 0 Å². The van der Waals surface area contributed by atoms with Crippen molar-refractivity contribution in [3.05, 3.63) is 0 Å². The minimum Gasteiger partial charge on any atom is -0.481 e. The first-order chi connectivity index (χ1) is 7.38. The monoisotopic (exact) mass is 238 g/mol. The number of carboxylic acid groups (broad SMARTS) is 1. The molecule has 2 unspecified atom stereocenters. The molecular weight excluding hydrogens is 210 g/mol. The van der Waals surface area contributed by atoms with E-state index in [1.165, 1.54) is 0 Å². The van der Waals surface area contributed by atoms with Gasteiger partial charge in [0.25, 0.3) is 0 Å². The molecule has 17 heavy (non-hydrogen) atoms. The predicted molar refractivity (Wildman–Crippen MR) is 79.3 cm³/mol. The highest BCUT2D eigenvalue weighted by molar-refractivity contribution is 6.24. The van der Waals surface area contributed by atoms with Crippen LogP contribution in [0, 0.1) is 10.8 Å². The summed E-state index contributed by atoms with van der Waals surface area (Å²) in [6.45, 7) is 13.2. The van der Waals surface area contributed by atoms with Crippen molar-refractivity contribution in [2.24, 2.45) is 10.8 Å². The molecule has 0 radical (unpaired) electrons. The molecule has 0 saturated heterocycles. The molecule has 0 rings (SSSR count). The Balaban J connectivity index is 5.15. The Labute approximate surface area is 108 Å². The zero-order chi connectivity index (χ0) is 14.1. The van der Waals surface area contributed by atoms with Crippen molar-refractivity contribution in [3.8, 4) is 0 Å². The average molecular weight is 238 g/mol. The highest BCUT2D eigenvalue weighted by Gasteiger charge is 2.45. The van der Waals surface area contributed by atoms with E-state index in [2.05, 4.69) is 57.2 Å². The molecule has 0 saturated carbocycles. The molecule has 0 aromatic heterocycles. The largest absolute Gasteiger partial charge is 0.481 e. The number of rotatable bonds is 6. The van der Waals surface area contributed by atoms with E-state index >= 15 is 0 Å². The van der Waals surface area contributed by atoms with Crippen molar-refractivity contribution in [3.63, 3.8) is 0 Å². The van der Waals surface area contributed by atoms with E-state index in [0.29, 0.717) is 5.82 Å². The quantitative estimate of drug-likeness (QED) is 0.720. The molecule has 0 aliphatic heterocycles. The predicted octanol–water partition coefficient (Wildman–Crippen LogP) is 2.16. The summed E-state index contributed by atoms with van der Waals surface area (Å²) >= 11 is 0. The Morgan fingerprint density at radius 2 is 1.65 bits per heavy atom. The maximum Gasteiger partial charge on any atom is 0.303 e. The number of carbonyl (C=O) groups is 1. The molecule has 0 fully saturated rings. The minimum absolute atomic E-state index is 0.112. The molecule has 4 heteroatoms. The fourth-order valence-corrected chi connectivity index (χ4v) is 2.56. The van der Waals surface area contributed by atoms with E-state index < -0.39 is 5.97 Å². The smallest absolute Gasteiger partial charge is 0.303 e. The van der Waals surface area contributed by atoms with E-state index in [-0.39, 0.29) is 22.6 Å². The van der Waals surface area contributed by atoms with E-state index in [1.807, 2.05) is 0 Å². The van der Waals surface area contributed by atoms with Gasteiger partial charge in [0.1, 0.15) is 15.7 Å². The van der Waals surface area contributed by atoms with Crippen molar-refractivity contribution in [2.45, 2.75) is 65.5 Å². The summed E-state index contributed by atoms with van der Waals surface area (Å²) in [5, 5.41) is 9.14. The summed E-state index contributed by atoms with van der Waals surface area (Å²) in [7, 11) is 4.46. The van der Waals surface area contributed by atoms with Gasteiger partial charge in [-0.25, -0.2) is 0 Å². The molecule has 98 valence electrons. The summed E-state index contributed by atoms with van der Waals surface area (Å²) in [6, 6.07) is 0. The standard InChI is InChI=1S/C13H28B2O2/c1-7-12(4,5)13(6,15)10(14)11(2,3)8-9(16)17/h10H,7-8,14-15H2,1-6H3,(H,16,17). The van der Waals surface area contributed by atoms with Gasteiger partial charge in [0.2, 0.25) is 0 Å². The van der Waals surface area contributed by atoms with Crippen molar-refractivity contribution in [2.75, 3.05) is 0 Å². The molecule has 0 spiro atoms. The lowest BCUT2D eigenvalue weighted by Gasteiger charge is -2.51. The molecule has 2 nitrogen and oxygen atoms in total. The van der Waals surface area contributed by atoms with Gasteiger partial charge in [-0.3, -0.25) is 4.79 Å². The Kier molecular flexibility index (Phi) is 4.95. The van der Waals surface area contributed by atoms with Crippen LogP contribution >= 0.6 is 0 Å². The van der Waals surface area contributed by atoms with Gasteiger partial charge in [0.05, 0.1) is 6.42 Å². The lowest BCUT2D eigenvalue weighted by molar-refractivity contribution is -0.139. The van der Waals surface area contributed by atoms with Gasteiger partial charge in [0.15, 0.2) is 0 Å². The SMILES string of the molecule is BC(C(C)(C)CC(=O)O)C(B)(C)C(C)(C)CC. The van der Waals surface area contributed by atoms with Gasteiger partial charge in [-0.2, -0.15) is 0 Å². The normalized spacial score (nSPS) is 18.5. The van der Waals surface area contributed by atoms with Crippen molar-refractivity contribution < 1.29 is 9.90 Å². The van der Waals surface area contributed by atoms with Crippen LogP contribution in [-0.4, -0.2) is 26.8 Å². The first-order valence-corrected chi connectivity index (χ1v) is 6.60. The maximum atomic E-state index is 11.0.